The lowest BCUT2D eigenvalue weighted by atomic mass is 10.1. The summed E-state index contributed by atoms with van der Waals surface area (Å²) in [5.74, 6) is -3.88. The van der Waals surface area contributed by atoms with E-state index in [1.54, 1.807) is 0 Å². The van der Waals surface area contributed by atoms with E-state index in [0.29, 0.717) is 6.42 Å². The van der Waals surface area contributed by atoms with E-state index < -0.39 is 55.2 Å². The van der Waals surface area contributed by atoms with Crippen molar-refractivity contribution in [3.63, 3.8) is 0 Å². The predicted molar refractivity (Wildman–Crippen MR) is 108 cm³/mol. The first-order valence-corrected chi connectivity index (χ1v) is 9.86. The number of rotatable bonds is 15. The normalized spacial score (nSPS) is 12.5. The van der Waals surface area contributed by atoms with E-state index >= 15 is 0 Å². The molecule has 3 amide bonds. The van der Waals surface area contributed by atoms with Crippen LogP contribution in [-0.4, -0.2) is 70.0 Å². The predicted octanol–water partition coefficient (Wildman–Crippen LogP) is -0.558. The van der Waals surface area contributed by atoms with Gasteiger partial charge in [0.15, 0.2) is 0 Å². The van der Waals surface area contributed by atoms with Gasteiger partial charge in [-0.1, -0.05) is 6.42 Å². The number of carbonyl (C=O) groups excluding carboxylic acids is 3. The molecular weight excluding hydrogens is 410 g/mol. The van der Waals surface area contributed by atoms with Gasteiger partial charge in [0.1, 0.15) is 19.1 Å². The highest BCUT2D eigenvalue weighted by Crippen LogP contribution is 2.12. The molecule has 0 bridgehead atoms. The summed E-state index contributed by atoms with van der Waals surface area (Å²) in [4.78, 5) is 56.9. The number of nitrogens with one attached hydrogen (secondary N) is 3. The summed E-state index contributed by atoms with van der Waals surface area (Å²) in [6.07, 6.45) is 2.60. The van der Waals surface area contributed by atoms with Crippen molar-refractivity contribution in [2.75, 3.05) is 18.8 Å². The maximum absolute atomic E-state index is 12.0. The van der Waals surface area contributed by atoms with Crippen molar-refractivity contribution in [1.29, 1.82) is 0 Å². The fourth-order valence-corrected chi connectivity index (χ4v) is 2.98. The molecule has 0 aromatic heterocycles. The highest BCUT2D eigenvalue weighted by atomic mass is 32.1. The molecule has 12 heteroatoms. The summed E-state index contributed by atoms with van der Waals surface area (Å²) in [6, 6.07) is -1.30. The summed E-state index contributed by atoms with van der Waals surface area (Å²) in [7, 11) is 0. The zero-order valence-electron chi connectivity index (χ0n) is 15.3. The highest BCUT2D eigenvalue weighted by Gasteiger charge is 2.24. The fraction of sp³-hybridized carbons (Fsp3) is 0.688. The van der Waals surface area contributed by atoms with E-state index in [2.05, 4.69) is 41.2 Å². The lowest BCUT2D eigenvalue weighted by Crippen LogP contribution is -2.50. The third kappa shape index (κ3) is 14.2. The zero-order chi connectivity index (χ0) is 21.5. The number of hydrogen-bond acceptors (Lipinski definition) is 7. The van der Waals surface area contributed by atoms with Gasteiger partial charge in [0, 0.05) is 11.7 Å². The van der Waals surface area contributed by atoms with E-state index in [1.165, 1.54) is 0 Å². The Bertz CT molecular complexity index is 560. The highest BCUT2D eigenvalue weighted by molar-refractivity contribution is 7.81. The second kappa shape index (κ2) is 15.0. The van der Waals surface area contributed by atoms with Gasteiger partial charge in [-0.3, -0.25) is 24.0 Å². The molecule has 0 rings (SSSR count). The number of amides is 3. The lowest BCUT2D eigenvalue weighted by molar-refractivity contribution is -0.139. The number of aliphatic carboxylic acids is 2. The van der Waals surface area contributed by atoms with Crippen molar-refractivity contribution >= 4 is 54.9 Å². The van der Waals surface area contributed by atoms with Crippen molar-refractivity contribution in [3.8, 4) is 0 Å². The molecule has 2 atom stereocenters. The second-order valence-electron chi connectivity index (χ2n) is 6.02. The molecule has 0 aromatic rings. The van der Waals surface area contributed by atoms with Crippen LogP contribution in [0.25, 0.3) is 0 Å². The van der Waals surface area contributed by atoms with E-state index in [-0.39, 0.29) is 11.7 Å². The number of carbonyl (C=O) groups is 5. The van der Waals surface area contributed by atoms with Gasteiger partial charge in [-0.05, 0) is 25.0 Å². The van der Waals surface area contributed by atoms with Crippen LogP contribution in [-0.2, 0) is 24.0 Å². The molecule has 10 nitrogen and oxygen atoms in total. The fourth-order valence-electron chi connectivity index (χ4n) is 2.15. The van der Waals surface area contributed by atoms with Crippen LogP contribution in [0.4, 0.5) is 0 Å². The molecule has 2 unspecified atom stereocenters. The van der Waals surface area contributed by atoms with Crippen LogP contribution < -0.4 is 16.0 Å². The number of hydrogen-bond donors (Lipinski definition) is 7. The Morgan fingerprint density at radius 2 is 1.46 bits per heavy atom. The van der Waals surface area contributed by atoms with Crippen molar-refractivity contribution in [1.82, 2.24) is 16.0 Å². The molecule has 0 fully saturated rings. The number of unbranched alkanes of at least 4 members (excludes halogenated alkanes) is 1. The summed E-state index contributed by atoms with van der Waals surface area (Å²) >= 11 is 8.52. The van der Waals surface area contributed by atoms with Crippen LogP contribution in [0.5, 0.6) is 0 Å². The van der Waals surface area contributed by atoms with Gasteiger partial charge in [-0.25, -0.2) is 0 Å². The van der Waals surface area contributed by atoms with Crippen molar-refractivity contribution in [2.45, 2.75) is 49.8 Å². The molecule has 160 valence electrons. The smallest absolute Gasteiger partial charge is 0.322 e. The first kappa shape index (κ1) is 26.1. The Morgan fingerprint density at radius 1 is 0.857 bits per heavy atom. The average Bonchev–Trinajstić information content (AvgIpc) is 2.61. The Hall–Kier alpha value is -1.95. The van der Waals surface area contributed by atoms with Gasteiger partial charge in [-0.2, -0.15) is 25.3 Å². The Morgan fingerprint density at radius 3 is 2.04 bits per heavy atom. The van der Waals surface area contributed by atoms with Crippen LogP contribution in [0.3, 0.4) is 0 Å². The topological polar surface area (TPSA) is 162 Å². The quantitative estimate of drug-likeness (QED) is 0.133. The largest absolute Gasteiger partial charge is 0.480 e. The van der Waals surface area contributed by atoms with E-state index in [4.69, 9.17) is 10.2 Å². The maximum atomic E-state index is 12.0. The van der Waals surface area contributed by atoms with E-state index in [0.717, 1.165) is 25.0 Å². The molecule has 28 heavy (non-hydrogen) atoms. The van der Waals surface area contributed by atoms with Gasteiger partial charge in [0.25, 0.3) is 0 Å². The average molecular weight is 438 g/mol. The molecule has 5 N–H and O–H groups in total. The van der Waals surface area contributed by atoms with Crippen LogP contribution in [0.2, 0.25) is 0 Å². The monoisotopic (exact) mass is 437 g/mol. The molecular formula is C16H27N3O7S2. The molecule has 0 saturated heterocycles. The third-order valence-corrected chi connectivity index (χ3v) is 4.32. The minimum atomic E-state index is -1.30. The van der Waals surface area contributed by atoms with E-state index in [9.17, 15) is 24.0 Å². The summed E-state index contributed by atoms with van der Waals surface area (Å²) in [5.41, 5.74) is 0. The molecule has 0 aliphatic rings. The molecule has 0 radical (unpaired) electrons. The first-order chi connectivity index (χ1) is 13.1. The maximum Gasteiger partial charge on any atom is 0.322 e. The summed E-state index contributed by atoms with van der Waals surface area (Å²) in [5, 5.41) is 23.9. The van der Waals surface area contributed by atoms with Crippen LogP contribution in [0.1, 0.15) is 38.5 Å². The molecule has 0 saturated carbocycles. The van der Waals surface area contributed by atoms with Crippen molar-refractivity contribution in [2.24, 2.45) is 0 Å². The minimum Gasteiger partial charge on any atom is -0.480 e. The molecule has 0 aliphatic heterocycles. The van der Waals surface area contributed by atoms with Crippen LogP contribution in [0.15, 0.2) is 0 Å². The molecule has 0 spiro atoms. The first-order valence-electron chi connectivity index (χ1n) is 8.72. The lowest BCUT2D eigenvalue weighted by Gasteiger charge is -2.18. The third-order valence-electron chi connectivity index (χ3n) is 3.55. The Kier molecular flexibility index (Phi) is 14.0. The minimum absolute atomic E-state index is 0.126. The number of carboxylic acids is 2. The van der Waals surface area contributed by atoms with E-state index in [1.807, 2.05) is 0 Å². The molecule has 0 aromatic carbocycles. The number of thiol groups is 2. The standard InChI is InChI=1S/C16H27N3O7S2/c20-12(4-2-1-3-10(28)5-6-27)19-11(16(26)18-9-15(24)25)7-13(21)17-8-14(22)23/h10-11,27-28H,1-9H2,(H,17,21)(H,18,26)(H,19,20)(H,22,23)(H,24,25). The Labute approximate surface area is 174 Å². The van der Waals surface area contributed by atoms with Crippen LogP contribution >= 0.6 is 25.3 Å². The second-order valence-corrected chi connectivity index (χ2v) is 7.20. The van der Waals surface area contributed by atoms with Gasteiger partial charge >= 0.3 is 11.9 Å². The summed E-state index contributed by atoms with van der Waals surface area (Å²) in [6.45, 7) is -1.30. The van der Waals surface area contributed by atoms with Gasteiger partial charge < -0.3 is 26.2 Å². The van der Waals surface area contributed by atoms with Gasteiger partial charge in [-0.15, -0.1) is 0 Å². The zero-order valence-corrected chi connectivity index (χ0v) is 17.1. The van der Waals surface area contributed by atoms with Crippen LogP contribution in [0, 0.1) is 0 Å². The van der Waals surface area contributed by atoms with Gasteiger partial charge in [0.05, 0.1) is 6.42 Å². The summed E-state index contributed by atoms with van der Waals surface area (Å²) < 4.78 is 0. The van der Waals surface area contributed by atoms with Crippen molar-refractivity contribution in [3.05, 3.63) is 0 Å². The number of carboxylic acid groups (broad SMARTS) is 2. The SMILES string of the molecule is O=C(O)CNC(=O)CC(NC(=O)CCCCC(S)CCS)C(=O)NCC(=O)O. The van der Waals surface area contributed by atoms with Gasteiger partial charge in [0.2, 0.25) is 17.7 Å². The van der Waals surface area contributed by atoms with Crippen molar-refractivity contribution < 1.29 is 34.2 Å². The molecule has 0 heterocycles. The molecule has 0 aliphatic carbocycles. The Balaban J connectivity index is 4.57.